The van der Waals surface area contributed by atoms with Crippen molar-refractivity contribution in [2.24, 2.45) is 5.14 Å². The number of nitrogens with one attached hydrogen (secondary N) is 3. The Bertz CT molecular complexity index is 981. The SMILES string of the molecule is Cc1ccc(NC(=S)NNc2ccc(S(N)(=O)=O)cc2[N+](=O)[O-])cc1Cl. The molecule has 0 aliphatic heterocycles. The van der Waals surface area contributed by atoms with Crippen molar-refractivity contribution < 1.29 is 13.3 Å². The van der Waals surface area contributed by atoms with E-state index in [-0.39, 0.29) is 15.7 Å². The Morgan fingerprint density at radius 2 is 1.96 bits per heavy atom. The number of sulfonamides is 1. The number of aryl methyl sites for hydroxylation is 1. The van der Waals surface area contributed by atoms with Crippen molar-refractivity contribution in [3.63, 3.8) is 0 Å². The molecule has 0 aromatic heterocycles. The second-order valence-corrected chi connectivity index (χ2v) is 7.53. The molecule has 2 aromatic carbocycles. The number of thiocarbonyl (C=S) groups is 1. The monoisotopic (exact) mass is 415 g/mol. The summed E-state index contributed by atoms with van der Waals surface area (Å²) in [5, 5.41) is 19.7. The molecule has 26 heavy (non-hydrogen) atoms. The summed E-state index contributed by atoms with van der Waals surface area (Å²) in [4.78, 5) is 10.0. The van der Waals surface area contributed by atoms with E-state index in [4.69, 9.17) is 29.0 Å². The van der Waals surface area contributed by atoms with Crippen LogP contribution in [0, 0.1) is 17.0 Å². The van der Waals surface area contributed by atoms with E-state index in [0.29, 0.717) is 10.7 Å². The number of hydrazine groups is 1. The lowest BCUT2D eigenvalue weighted by Gasteiger charge is -2.13. The summed E-state index contributed by atoms with van der Waals surface area (Å²) >= 11 is 11.1. The first-order valence-corrected chi connectivity index (χ1v) is 9.31. The van der Waals surface area contributed by atoms with Crippen molar-refractivity contribution in [2.75, 3.05) is 10.7 Å². The number of hydrogen-bond acceptors (Lipinski definition) is 6. The molecule has 0 amide bonds. The van der Waals surface area contributed by atoms with Crippen LogP contribution in [0.5, 0.6) is 0 Å². The maximum Gasteiger partial charge on any atom is 0.295 e. The van der Waals surface area contributed by atoms with Crippen LogP contribution in [0.2, 0.25) is 5.02 Å². The minimum Gasteiger partial charge on any atom is -0.331 e. The van der Waals surface area contributed by atoms with Crippen LogP contribution < -0.4 is 21.3 Å². The summed E-state index contributed by atoms with van der Waals surface area (Å²) in [6.07, 6.45) is 0. The molecular weight excluding hydrogens is 402 g/mol. The van der Waals surface area contributed by atoms with Crippen LogP contribution in [0.4, 0.5) is 17.1 Å². The van der Waals surface area contributed by atoms with Gasteiger partial charge in [-0.15, -0.1) is 0 Å². The van der Waals surface area contributed by atoms with Crippen LogP contribution >= 0.6 is 23.8 Å². The van der Waals surface area contributed by atoms with Gasteiger partial charge in [-0.1, -0.05) is 17.7 Å². The third kappa shape index (κ3) is 5.02. The van der Waals surface area contributed by atoms with E-state index in [1.807, 2.05) is 6.92 Å². The number of nitrogens with two attached hydrogens (primary N) is 1. The molecular formula is C14H14ClN5O4S2. The second-order valence-electron chi connectivity index (χ2n) is 5.15. The van der Waals surface area contributed by atoms with Gasteiger partial charge in [0.1, 0.15) is 5.69 Å². The number of nitro benzene ring substituents is 1. The molecule has 0 aliphatic carbocycles. The summed E-state index contributed by atoms with van der Waals surface area (Å²) in [5.74, 6) is 0. The van der Waals surface area contributed by atoms with Gasteiger partial charge in [-0.25, -0.2) is 13.6 Å². The number of primary sulfonamides is 1. The van der Waals surface area contributed by atoms with E-state index in [1.165, 1.54) is 6.07 Å². The molecule has 12 heteroatoms. The predicted octanol–water partition coefficient (Wildman–Crippen LogP) is 2.52. The van der Waals surface area contributed by atoms with Crippen molar-refractivity contribution in [3.05, 3.63) is 57.1 Å². The smallest absolute Gasteiger partial charge is 0.295 e. The average Bonchev–Trinajstić information content (AvgIpc) is 2.55. The average molecular weight is 416 g/mol. The molecule has 5 N–H and O–H groups in total. The Labute approximate surface area is 159 Å². The Balaban J connectivity index is 2.11. The summed E-state index contributed by atoms with van der Waals surface area (Å²) < 4.78 is 22.6. The zero-order valence-electron chi connectivity index (χ0n) is 13.3. The van der Waals surface area contributed by atoms with Gasteiger partial charge < -0.3 is 5.32 Å². The Morgan fingerprint density at radius 1 is 1.27 bits per heavy atom. The normalized spacial score (nSPS) is 10.9. The standard InChI is InChI=1S/C14H14ClN5O4S2/c1-8-2-3-9(6-11(8)15)17-14(25)19-18-12-5-4-10(26(16,23)24)7-13(12)20(21)22/h2-7,18H,1H3,(H2,16,23,24)(H2,17,19,25). The summed E-state index contributed by atoms with van der Waals surface area (Å²) in [6.45, 7) is 1.86. The van der Waals surface area contributed by atoms with E-state index >= 15 is 0 Å². The van der Waals surface area contributed by atoms with Crippen LogP contribution in [0.1, 0.15) is 5.56 Å². The van der Waals surface area contributed by atoms with E-state index < -0.39 is 20.6 Å². The molecule has 0 atom stereocenters. The Morgan fingerprint density at radius 3 is 2.54 bits per heavy atom. The van der Waals surface area contributed by atoms with Crippen molar-refractivity contribution in [2.45, 2.75) is 11.8 Å². The number of anilines is 2. The van der Waals surface area contributed by atoms with Crippen LogP contribution in [-0.4, -0.2) is 18.5 Å². The lowest BCUT2D eigenvalue weighted by molar-refractivity contribution is -0.384. The highest BCUT2D eigenvalue weighted by Gasteiger charge is 2.19. The van der Waals surface area contributed by atoms with Crippen LogP contribution in [-0.2, 0) is 10.0 Å². The van der Waals surface area contributed by atoms with Gasteiger partial charge in [-0.05, 0) is 49.0 Å². The van der Waals surface area contributed by atoms with E-state index in [9.17, 15) is 18.5 Å². The first kappa shape index (κ1) is 19.8. The molecule has 0 fully saturated rings. The first-order valence-electron chi connectivity index (χ1n) is 6.98. The lowest BCUT2D eigenvalue weighted by Crippen LogP contribution is -2.33. The molecule has 9 nitrogen and oxygen atoms in total. The van der Waals surface area contributed by atoms with Gasteiger partial charge in [0.15, 0.2) is 5.11 Å². The highest BCUT2D eigenvalue weighted by atomic mass is 35.5. The van der Waals surface area contributed by atoms with E-state index in [1.54, 1.807) is 18.2 Å². The number of nitro groups is 1. The zero-order chi connectivity index (χ0) is 19.5. The predicted molar refractivity (Wildman–Crippen MR) is 104 cm³/mol. The molecule has 2 rings (SSSR count). The van der Waals surface area contributed by atoms with Crippen LogP contribution in [0.25, 0.3) is 0 Å². The Hall–Kier alpha value is -2.47. The van der Waals surface area contributed by atoms with Crippen LogP contribution in [0.15, 0.2) is 41.3 Å². The molecule has 0 saturated heterocycles. The van der Waals surface area contributed by atoms with E-state index in [2.05, 4.69) is 16.2 Å². The van der Waals surface area contributed by atoms with Gasteiger partial charge in [0.05, 0.1) is 9.82 Å². The van der Waals surface area contributed by atoms with Crippen molar-refractivity contribution >= 4 is 56.0 Å². The van der Waals surface area contributed by atoms with Crippen molar-refractivity contribution in [3.8, 4) is 0 Å². The van der Waals surface area contributed by atoms with E-state index in [0.717, 1.165) is 17.7 Å². The minimum absolute atomic E-state index is 0.00786. The zero-order valence-corrected chi connectivity index (χ0v) is 15.7. The third-order valence-electron chi connectivity index (χ3n) is 3.23. The number of halogens is 1. The number of benzene rings is 2. The number of nitrogens with zero attached hydrogens (tertiary/aromatic N) is 1. The van der Waals surface area contributed by atoms with Gasteiger partial charge in [0.25, 0.3) is 5.69 Å². The molecule has 2 aromatic rings. The molecule has 138 valence electrons. The maximum absolute atomic E-state index is 11.3. The minimum atomic E-state index is -4.06. The highest BCUT2D eigenvalue weighted by molar-refractivity contribution is 7.89. The summed E-state index contributed by atoms with van der Waals surface area (Å²) in [7, 11) is -4.06. The molecule has 0 bridgehead atoms. The largest absolute Gasteiger partial charge is 0.331 e. The molecule has 0 heterocycles. The molecule has 0 aliphatic rings. The van der Waals surface area contributed by atoms with Gasteiger partial charge >= 0.3 is 0 Å². The topological polar surface area (TPSA) is 139 Å². The Kier molecular flexibility index (Phi) is 5.97. The van der Waals surface area contributed by atoms with Gasteiger partial charge in [0.2, 0.25) is 10.0 Å². The first-order chi connectivity index (χ1) is 12.1. The van der Waals surface area contributed by atoms with Gasteiger partial charge in [-0.3, -0.25) is 21.0 Å². The molecule has 0 radical (unpaired) electrons. The fraction of sp³-hybridized carbons (Fsp3) is 0.0714. The highest BCUT2D eigenvalue weighted by Crippen LogP contribution is 2.26. The number of hydrogen-bond donors (Lipinski definition) is 4. The fourth-order valence-electron chi connectivity index (χ4n) is 1.90. The van der Waals surface area contributed by atoms with Crippen LogP contribution in [0.3, 0.4) is 0 Å². The summed E-state index contributed by atoms with van der Waals surface area (Å²) in [6, 6.07) is 8.44. The number of rotatable bonds is 5. The van der Waals surface area contributed by atoms with Crippen molar-refractivity contribution in [1.29, 1.82) is 0 Å². The molecule has 0 saturated carbocycles. The van der Waals surface area contributed by atoms with Crippen molar-refractivity contribution in [1.82, 2.24) is 5.43 Å². The molecule has 0 unspecified atom stereocenters. The van der Waals surface area contributed by atoms with Gasteiger partial charge in [-0.2, -0.15) is 0 Å². The maximum atomic E-state index is 11.3. The molecule has 0 spiro atoms. The third-order valence-corrected chi connectivity index (χ3v) is 4.76. The second kappa shape index (κ2) is 7.83. The fourth-order valence-corrected chi connectivity index (χ4v) is 2.79. The summed E-state index contributed by atoms with van der Waals surface area (Å²) in [5.41, 5.74) is 6.19. The van der Waals surface area contributed by atoms with Gasteiger partial charge in [0, 0.05) is 16.8 Å². The quantitative estimate of drug-likeness (QED) is 0.332. The lowest BCUT2D eigenvalue weighted by atomic mass is 10.2.